The number of nitrogens with zero attached hydrogens (tertiary/aromatic N) is 1. The van der Waals surface area contributed by atoms with Crippen LogP contribution in [0.3, 0.4) is 0 Å². The summed E-state index contributed by atoms with van der Waals surface area (Å²) in [5, 5.41) is 5.79. The van der Waals surface area contributed by atoms with Crippen LogP contribution in [0.15, 0.2) is 11.6 Å². The van der Waals surface area contributed by atoms with Crippen molar-refractivity contribution in [1.29, 1.82) is 0 Å². The molecule has 0 saturated carbocycles. The molecule has 0 fully saturated rings. The molecule has 0 spiro atoms. The fourth-order valence-electron chi connectivity index (χ4n) is 1.99. The highest BCUT2D eigenvalue weighted by Gasteiger charge is 2.37. The number of hydrogen-bond donors (Lipinski definition) is 2. The number of likely N-dealkylation sites (N-methyl/N-ethyl adjacent to an activating group) is 2. The molecule has 0 aromatic carbocycles. The van der Waals surface area contributed by atoms with Crippen molar-refractivity contribution >= 4 is 17.8 Å². The summed E-state index contributed by atoms with van der Waals surface area (Å²) in [5.74, 6) is -0.865. The van der Waals surface area contributed by atoms with Gasteiger partial charge in [-0.05, 0) is 40.2 Å². The molecule has 0 rings (SSSR count). The normalized spacial score (nSPS) is 13.0. The van der Waals surface area contributed by atoms with Crippen LogP contribution in [-0.4, -0.2) is 61.5 Å². The molecule has 0 heterocycles. The molecule has 0 radical (unpaired) electrons. The summed E-state index contributed by atoms with van der Waals surface area (Å²) in [7, 11) is 3.34. The molecule has 7 heteroatoms. The van der Waals surface area contributed by atoms with Gasteiger partial charge in [0.2, 0.25) is 11.8 Å². The van der Waals surface area contributed by atoms with Gasteiger partial charge in [-0.25, -0.2) is 4.79 Å². The minimum absolute atomic E-state index is 0.217. The first kappa shape index (κ1) is 29.3. The fourth-order valence-corrected chi connectivity index (χ4v) is 1.99. The number of ether oxygens (including phenoxy) is 1. The molecule has 2 N–H and O–H groups in total. The highest BCUT2D eigenvalue weighted by atomic mass is 16.5. The Bertz CT molecular complexity index is 563. The maximum Gasteiger partial charge on any atom is 0.333 e. The number of esters is 1. The second-order valence-corrected chi connectivity index (χ2v) is 8.68. The predicted molar refractivity (Wildman–Crippen MR) is 119 cm³/mol. The zero-order chi connectivity index (χ0) is 23.4. The van der Waals surface area contributed by atoms with Crippen LogP contribution >= 0.6 is 0 Å². The zero-order valence-corrected chi connectivity index (χ0v) is 20.4. The molecule has 1 unspecified atom stereocenters. The minimum Gasteiger partial charge on any atom is -0.463 e. The highest BCUT2D eigenvalue weighted by Crippen LogP contribution is 2.22. The Morgan fingerprint density at radius 1 is 1.07 bits per heavy atom. The summed E-state index contributed by atoms with van der Waals surface area (Å²) < 4.78 is 4.93. The molecular weight excluding hydrogens is 370 g/mol. The molecule has 0 saturated heterocycles. The number of hydrogen-bond acceptors (Lipinski definition) is 5. The Balaban J connectivity index is 0. The number of carbonyl (C=O) groups excluding carboxylic acids is 3. The molecule has 2 amide bonds. The Morgan fingerprint density at radius 2 is 1.55 bits per heavy atom. The maximum absolute atomic E-state index is 12.9. The average Bonchev–Trinajstić information content (AvgIpc) is 2.62. The van der Waals surface area contributed by atoms with E-state index in [1.165, 1.54) is 11.3 Å². The Kier molecular flexibility index (Phi) is 13.5. The van der Waals surface area contributed by atoms with Gasteiger partial charge in [0.15, 0.2) is 0 Å². The first-order valence-corrected chi connectivity index (χ1v) is 10.3. The van der Waals surface area contributed by atoms with Crippen LogP contribution in [0.2, 0.25) is 0 Å². The van der Waals surface area contributed by atoms with E-state index in [-0.39, 0.29) is 18.4 Å². The standard InChI is InChI=1S/C19H35N3O4.C3H8/c1-10-26-16(24)13(2)11-12-22(9)15(23)14(18(3,4)5)21-17(25)19(6,7)20-8;1-3-2/h11,14,20H,10,12H2,1-9H3,(H,21,25);3H2,1-2H3/b13-11+;. The van der Waals surface area contributed by atoms with Gasteiger partial charge in [-0.3, -0.25) is 9.59 Å². The highest BCUT2D eigenvalue weighted by molar-refractivity contribution is 5.92. The van der Waals surface area contributed by atoms with E-state index in [0.29, 0.717) is 12.2 Å². The zero-order valence-electron chi connectivity index (χ0n) is 20.4. The molecular formula is C22H43N3O4. The summed E-state index contributed by atoms with van der Waals surface area (Å²) in [6.45, 7) is 17.4. The largest absolute Gasteiger partial charge is 0.463 e. The lowest BCUT2D eigenvalue weighted by atomic mass is 9.85. The van der Waals surface area contributed by atoms with E-state index in [1.54, 1.807) is 47.9 Å². The van der Waals surface area contributed by atoms with Gasteiger partial charge in [-0.2, -0.15) is 0 Å². The number of nitrogens with one attached hydrogen (secondary N) is 2. The minimum atomic E-state index is -0.789. The first-order valence-electron chi connectivity index (χ1n) is 10.3. The molecule has 7 nitrogen and oxygen atoms in total. The summed E-state index contributed by atoms with van der Waals surface area (Å²) in [6, 6.07) is -0.691. The van der Waals surface area contributed by atoms with Crippen molar-refractivity contribution in [3.63, 3.8) is 0 Å². The summed E-state index contributed by atoms with van der Waals surface area (Å²) in [6.07, 6.45) is 2.90. The summed E-state index contributed by atoms with van der Waals surface area (Å²) >= 11 is 0. The monoisotopic (exact) mass is 413 g/mol. The molecule has 29 heavy (non-hydrogen) atoms. The van der Waals surface area contributed by atoms with Crippen LogP contribution < -0.4 is 10.6 Å². The van der Waals surface area contributed by atoms with Crippen molar-refractivity contribution in [2.75, 3.05) is 27.2 Å². The average molecular weight is 414 g/mol. The lowest BCUT2D eigenvalue weighted by Gasteiger charge is -2.35. The number of carbonyl (C=O) groups is 3. The molecule has 0 aliphatic rings. The van der Waals surface area contributed by atoms with Gasteiger partial charge in [0.1, 0.15) is 6.04 Å². The van der Waals surface area contributed by atoms with E-state index in [9.17, 15) is 14.4 Å². The van der Waals surface area contributed by atoms with Crippen LogP contribution in [0, 0.1) is 5.41 Å². The molecule has 0 aliphatic heterocycles. The smallest absolute Gasteiger partial charge is 0.333 e. The maximum atomic E-state index is 12.9. The summed E-state index contributed by atoms with van der Waals surface area (Å²) in [5.41, 5.74) is -0.813. The summed E-state index contributed by atoms with van der Waals surface area (Å²) in [4.78, 5) is 38.5. The molecule has 1 atom stereocenters. The fraction of sp³-hybridized carbons (Fsp3) is 0.773. The third-order valence-electron chi connectivity index (χ3n) is 4.23. The van der Waals surface area contributed by atoms with E-state index in [4.69, 9.17) is 4.74 Å². The van der Waals surface area contributed by atoms with Gasteiger partial charge in [0.05, 0.1) is 12.1 Å². The quantitative estimate of drug-likeness (QED) is 0.472. The van der Waals surface area contributed by atoms with E-state index in [1.807, 2.05) is 20.8 Å². The van der Waals surface area contributed by atoms with Crippen LogP contribution in [-0.2, 0) is 19.1 Å². The third-order valence-corrected chi connectivity index (χ3v) is 4.23. The second kappa shape index (κ2) is 13.4. The van der Waals surface area contributed by atoms with Gasteiger partial charge in [-0.1, -0.05) is 47.1 Å². The predicted octanol–water partition coefficient (Wildman–Crippen LogP) is 2.90. The van der Waals surface area contributed by atoms with Crippen molar-refractivity contribution in [3.05, 3.63) is 11.6 Å². The van der Waals surface area contributed by atoms with Gasteiger partial charge < -0.3 is 20.3 Å². The van der Waals surface area contributed by atoms with Crippen molar-refractivity contribution < 1.29 is 19.1 Å². The number of rotatable bonds is 8. The van der Waals surface area contributed by atoms with Crippen LogP contribution in [0.5, 0.6) is 0 Å². The van der Waals surface area contributed by atoms with E-state index < -0.39 is 23.0 Å². The first-order chi connectivity index (χ1) is 13.2. The van der Waals surface area contributed by atoms with Crippen LogP contribution in [0.4, 0.5) is 0 Å². The van der Waals surface area contributed by atoms with Crippen LogP contribution in [0.25, 0.3) is 0 Å². The lowest BCUT2D eigenvalue weighted by molar-refractivity contribution is -0.139. The van der Waals surface area contributed by atoms with E-state index >= 15 is 0 Å². The van der Waals surface area contributed by atoms with Crippen LogP contribution in [0.1, 0.15) is 68.7 Å². The van der Waals surface area contributed by atoms with Crippen molar-refractivity contribution in [2.45, 2.75) is 80.3 Å². The lowest BCUT2D eigenvalue weighted by Crippen LogP contribution is -2.60. The Labute approximate surface area is 177 Å². The molecule has 0 bridgehead atoms. The van der Waals surface area contributed by atoms with Gasteiger partial charge >= 0.3 is 5.97 Å². The molecule has 0 aromatic rings. The molecule has 0 aliphatic carbocycles. The van der Waals surface area contributed by atoms with Gasteiger partial charge in [0, 0.05) is 19.2 Å². The molecule has 0 aromatic heterocycles. The molecule has 170 valence electrons. The van der Waals surface area contributed by atoms with Gasteiger partial charge in [0.25, 0.3) is 0 Å². The van der Waals surface area contributed by atoms with E-state index in [0.717, 1.165) is 0 Å². The Hall–Kier alpha value is -1.89. The SMILES string of the molecule is CCC.CCOC(=O)/C(C)=C/CN(C)C(=O)C(NC(=O)C(C)(C)NC)C(C)(C)C. The van der Waals surface area contributed by atoms with Gasteiger partial charge in [-0.15, -0.1) is 0 Å². The number of amides is 2. The van der Waals surface area contributed by atoms with Crippen molar-refractivity contribution in [1.82, 2.24) is 15.5 Å². The van der Waals surface area contributed by atoms with Crippen molar-refractivity contribution in [3.8, 4) is 0 Å². The second-order valence-electron chi connectivity index (χ2n) is 8.68. The third kappa shape index (κ3) is 11.0. The topological polar surface area (TPSA) is 87.7 Å². The van der Waals surface area contributed by atoms with Crippen molar-refractivity contribution in [2.24, 2.45) is 5.41 Å². The van der Waals surface area contributed by atoms with E-state index in [2.05, 4.69) is 24.5 Å². The Morgan fingerprint density at radius 3 is 1.93 bits per heavy atom.